The maximum absolute atomic E-state index is 6.78. The molecule has 0 atom stereocenters. The van der Waals surface area contributed by atoms with E-state index in [-0.39, 0.29) is 0 Å². The molecule has 0 unspecified atom stereocenters. The van der Waals surface area contributed by atoms with Crippen LogP contribution in [0.25, 0.3) is 81.0 Å². The summed E-state index contributed by atoms with van der Waals surface area (Å²) >= 11 is 1.86. The molecule has 2 heterocycles. The smallest absolute Gasteiger partial charge is 0.131 e. The van der Waals surface area contributed by atoms with Gasteiger partial charge in [0.1, 0.15) is 5.84 Å². The predicted molar refractivity (Wildman–Crippen MR) is 230 cm³/mol. The fraction of sp³-hybridized carbons (Fsp3) is 0.0200. The SMILES string of the molecule is NC(=Nc1cccc2c1Cc1ccccc1-2)c1cccc(-c2ccc3c(c2)c2cc(-c4ccc5sc6ccccc6c5c4)ccc2n3-c2ccccc2)c1. The van der Waals surface area contributed by atoms with Crippen LogP contribution < -0.4 is 5.73 Å². The molecule has 254 valence electrons. The number of amidine groups is 1. The second-order valence-electron chi connectivity index (χ2n) is 14.2. The molecule has 54 heavy (non-hydrogen) atoms. The van der Waals surface area contributed by atoms with Gasteiger partial charge in [-0.15, -0.1) is 11.3 Å². The molecule has 0 spiro atoms. The van der Waals surface area contributed by atoms with Crippen molar-refractivity contribution in [2.75, 3.05) is 0 Å². The Labute approximate surface area is 316 Å². The van der Waals surface area contributed by atoms with E-state index < -0.39 is 0 Å². The van der Waals surface area contributed by atoms with Gasteiger partial charge in [0.2, 0.25) is 0 Å². The Morgan fingerprint density at radius 3 is 1.94 bits per heavy atom. The lowest BCUT2D eigenvalue weighted by Gasteiger charge is -2.09. The lowest BCUT2D eigenvalue weighted by Crippen LogP contribution is -2.13. The normalized spacial score (nSPS) is 12.6. The largest absolute Gasteiger partial charge is 0.383 e. The number of rotatable bonds is 5. The van der Waals surface area contributed by atoms with Gasteiger partial charge in [-0.05, 0) is 111 Å². The van der Waals surface area contributed by atoms with Crippen molar-refractivity contribution in [3.63, 3.8) is 0 Å². The number of benzene rings is 8. The van der Waals surface area contributed by atoms with Crippen LogP contribution in [0.1, 0.15) is 16.7 Å². The van der Waals surface area contributed by atoms with Crippen LogP contribution in [0.4, 0.5) is 5.69 Å². The topological polar surface area (TPSA) is 43.3 Å². The van der Waals surface area contributed by atoms with Gasteiger partial charge in [0, 0.05) is 48.6 Å². The summed E-state index contributed by atoms with van der Waals surface area (Å²) in [7, 11) is 0. The van der Waals surface area contributed by atoms with E-state index in [4.69, 9.17) is 10.7 Å². The lowest BCUT2D eigenvalue weighted by molar-refractivity contribution is 1.18. The number of nitrogens with zero attached hydrogens (tertiary/aromatic N) is 2. The Morgan fingerprint density at radius 1 is 0.500 bits per heavy atom. The molecule has 2 N–H and O–H groups in total. The molecule has 1 aliphatic carbocycles. The minimum Gasteiger partial charge on any atom is -0.383 e. The first-order valence-electron chi connectivity index (χ1n) is 18.4. The van der Waals surface area contributed by atoms with Crippen molar-refractivity contribution in [2.45, 2.75) is 6.42 Å². The monoisotopic (exact) mass is 707 g/mol. The third kappa shape index (κ3) is 4.92. The first-order valence-corrected chi connectivity index (χ1v) is 19.2. The maximum Gasteiger partial charge on any atom is 0.131 e. The van der Waals surface area contributed by atoms with Gasteiger partial charge in [-0.25, -0.2) is 4.99 Å². The zero-order valence-corrected chi connectivity index (χ0v) is 30.1. The van der Waals surface area contributed by atoms with E-state index in [0.29, 0.717) is 5.84 Å². The van der Waals surface area contributed by atoms with Gasteiger partial charge in [0.05, 0.1) is 16.7 Å². The molecule has 3 nitrogen and oxygen atoms in total. The second kappa shape index (κ2) is 12.2. The number of hydrogen-bond donors (Lipinski definition) is 1. The number of fused-ring (bicyclic) bond motifs is 9. The van der Waals surface area contributed by atoms with E-state index in [1.165, 1.54) is 75.4 Å². The van der Waals surface area contributed by atoms with Crippen LogP contribution in [0.5, 0.6) is 0 Å². The van der Waals surface area contributed by atoms with E-state index in [1.54, 1.807) is 0 Å². The van der Waals surface area contributed by atoms with Crippen molar-refractivity contribution in [3.05, 3.63) is 193 Å². The molecule has 10 aromatic rings. The van der Waals surface area contributed by atoms with Crippen molar-refractivity contribution in [3.8, 4) is 39.1 Å². The third-order valence-electron chi connectivity index (χ3n) is 11.0. The first kappa shape index (κ1) is 30.8. The number of para-hydroxylation sites is 1. The van der Waals surface area contributed by atoms with Crippen LogP contribution in [0, 0.1) is 0 Å². The standard InChI is InChI=1S/C50H33N3S/c51-50(52-45-18-9-17-39-38-15-5-4-10-35(38)30-41(39)45)36-12-8-11-31(26-36)32-20-23-46-42(27-32)43-28-33(21-24-47(43)53(46)37-13-2-1-3-14-37)34-22-25-49-44(29-34)40-16-6-7-19-48(40)54-49/h1-29H,30H2,(H2,51,52). The van der Waals surface area contributed by atoms with Crippen molar-refractivity contribution >= 4 is 64.8 Å². The van der Waals surface area contributed by atoms with Gasteiger partial charge in [-0.3, -0.25) is 0 Å². The fourth-order valence-electron chi connectivity index (χ4n) is 8.44. The van der Waals surface area contributed by atoms with E-state index in [2.05, 4.69) is 180 Å². The van der Waals surface area contributed by atoms with Crippen LogP contribution in [0.15, 0.2) is 181 Å². The molecule has 11 rings (SSSR count). The molecule has 0 radical (unpaired) electrons. The van der Waals surface area contributed by atoms with Crippen LogP contribution in [-0.4, -0.2) is 10.4 Å². The second-order valence-corrected chi connectivity index (χ2v) is 15.2. The van der Waals surface area contributed by atoms with Crippen molar-refractivity contribution in [2.24, 2.45) is 10.7 Å². The summed E-state index contributed by atoms with van der Waals surface area (Å²) in [5, 5.41) is 5.06. The summed E-state index contributed by atoms with van der Waals surface area (Å²) in [6, 6.07) is 63.4. The van der Waals surface area contributed by atoms with Crippen LogP contribution in [0.3, 0.4) is 0 Å². The Morgan fingerprint density at radius 2 is 1.13 bits per heavy atom. The first-order chi connectivity index (χ1) is 26.7. The van der Waals surface area contributed by atoms with E-state index in [0.717, 1.165) is 34.5 Å². The molecular formula is C50H33N3S. The Kier molecular flexibility index (Phi) is 6.94. The van der Waals surface area contributed by atoms with Gasteiger partial charge in [0.25, 0.3) is 0 Å². The summed E-state index contributed by atoms with van der Waals surface area (Å²) in [5.74, 6) is 0.517. The van der Waals surface area contributed by atoms with E-state index >= 15 is 0 Å². The molecule has 2 aromatic heterocycles. The van der Waals surface area contributed by atoms with Crippen molar-refractivity contribution < 1.29 is 0 Å². The Balaban J connectivity index is 1.02. The van der Waals surface area contributed by atoms with Crippen molar-refractivity contribution in [1.29, 1.82) is 0 Å². The summed E-state index contributed by atoms with van der Waals surface area (Å²) in [6.07, 6.45) is 0.871. The Hall–Kier alpha value is -6.75. The molecule has 0 saturated heterocycles. The Bertz CT molecular complexity index is 3150. The van der Waals surface area contributed by atoms with E-state index in [1.807, 2.05) is 11.3 Å². The van der Waals surface area contributed by atoms with Crippen LogP contribution in [0.2, 0.25) is 0 Å². The average molecular weight is 708 g/mol. The summed E-state index contributed by atoms with van der Waals surface area (Å²) in [6.45, 7) is 0. The van der Waals surface area contributed by atoms with Gasteiger partial charge in [-0.2, -0.15) is 0 Å². The number of aliphatic imine (C=N–C) groups is 1. The zero-order chi connectivity index (χ0) is 35.8. The highest BCUT2D eigenvalue weighted by atomic mass is 32.1. The highest BCUT2D eigenvalue weighted by Crippen LogP contribution is 2.42. The van der Waals surface area contributed by atoms with Crippen LogP contribution in [-0.2, 0) is 6.42 Å². The zero-order valence-electron chi connectivity index (χ0n) is 29.3. The molecule has 0 bridgehead atoms. The van der Waals surface area contributed by atoms with Crippen molar-refractivity contribution in [1.82, 2.24) is 4.57 Å². The molecule has 0 amide bonds. The molecule has 8 aromatic carbocycles. The quantitative estimate of drug-likeness (QED) is 0.140. The fourth-order valence-corrected chi connectivity index (χ4v) is 9.53. The number of nitrogens with two attached hydrogens (primary N) is 1. The van der Waals surface area contributed by atoms with Gasteiger partial charge in [-0.1, -0.05) is 109 Å². The maximum atomic E-state index is 6.78. The minimum atomic E-state index is 0.517. The lowest BCUT2D eigenvalue weighted by atomic mass is 9.98. The number of aromatic nitrogens is 1. The highest BCUT2D eigenvalue weighted by Gasteiger charge is 2.21. The van der Waals surface area contributed by atoms with E-state index in [9.17, 15) is 0 Å². The summed E-state index contributed by atoms with van der Waals surface area (Å²) in [4.78, 5) is 5.01. The van der Waals surface area contributed by atoms with Gasteiger partial charge in [0.15, 0.2) is 0 Å². The summed E-state index contributed by atoms with van der Waals surface area (Å²) < 4.78 is 5.02. The molecule has 4 heteroatoms. The average Bonchev–Trinajstić information content (AvgIpc) is 3.90. The van der Waals surface area contributed by atoms with Gasteiger partial charge >= 0.3 is 0 Å². The van der Waals surface area contributed by atoms with Crippen LogP contribution >= 0.6 is 11.3 Å². The highest BCUT2D eigenvalue weighted by molar-refractivity contribution is 7.25. The summed E-state index contributed by atoms with van der Waals surface area (Å²) in [5.41, 5.74) is 21.9. The third-order valence-corrected chi connectivity index (χ3v) is 12.2. The number of thiophene rings is 1. The number of hydrogen-bond acceptors (Lipinski definition) is 2. The molecule has 0 aliphatic heterocycles. The molecule has 1 aliphatic rings. The van der Waals surface area contributed by atoms with Gasteiger partial charge < -0.3 is 10.3 Å². The minimum absolute atomic E-state index is 0.517. The molecule has 0 saturated carbocycles. The molecular weight excluding hydrogens is 675 g/mol. The predicted octanol–water partition coefficient (Wildman–Crippen LogP) is 13.1. The molecule has 0 fully saturated rings.